The number of unbranched alkanes of at least 4 members (excludes halogenated alkanes) is 1. The van der Waals surface area contributed by atoms with E-state index >= 15 is 0 Å². The Morgan fingerprint density at radius 1 is 1.47 bits per heavy atom. The molecule has 1 aromatic rings. The van der Waals surface area contributed by atoms with Gasteiger partial charge in [0.1, 0.15) is 5.75 Å². The van der Waals surface area contributed by atoms with E-state index in [0.29, 0.717) is 6.61 Å². The lowest BCUT2D eigenvalue weighted by Crippen LogP contribution is -1.96. The lowest BCUT2D eigenvalue weighted by molar-refractivity contribution is -0.131. The summed E-state index contributed by atoms with van der Waals surface area (Å²) in [5.74, 6) is -0.205. The van der Waals surface area contributed by atoms with Crippen LogP contribution in [-0.2, 0) is 4.79 Å². The van der Waals surface area contributed by atoms with Crippen LogP contribution in [0.5, 0.6) is 5.75 Å². The number of aliphatic carboxylic acids is 1. The molecule has 0 amide bonds. The molecule has 3 heteroatoms. The van der Waals surface area contributed by atoms with Gasteiger partial charge in [-0.25, -0.2) is 4.79 Å². The SMILES string of the molecule is C=CCCCOc1cccc(C=CC(=O)O)c1. The molecule has 0 aliphatic rings. The van der Waals surface area contributed by atoms with E-state index in [9.17, 15) is 4.79 Å². The van der Waals surface area contributed by atoms with Gasteiger partial charge in [-0.1, -0.05) is 18.2 Å². The molecule has 0 aliphatic heterocycles. The fourth-order valence-electron chi connectivity index (χ4n) is 1.29. The first-order valence-corrected chi connectivity index (χ1v) is 5.47. The topological polar surface area (TPSA) is 46.5 Å². The summed E-state index contributed by atoms with van der Waals surface area (Å²) < 4.78 is 5.53. The molecular formula is C14H16O3. The Balaban J connectivity index is 2.53. The molecule has 0 aliphatic carbocycles. The first-order valence-electron chi connectivity index (χ1n) is 5.47. The molecule has 1 N–H and O–H groups in total. The maximum atomic E-state index is 10.4. The maximum absolute atomic E-state index is 10.4. The molecule has 17 heavy (non-hydrogen) atoms. The number of benzene rings is 1. The molecule has 0 saturated carbocycles. The minimum Gasteiger partial charge on any atom is -0.494 e. The largest absolute Gasteiger partial charge is 0.494 e. The molecule has 0 heterocycles. The van der Waals surface area contributed by atoms with E-state index in [-0.39, 0.29) is 0 Å². The molecule has 90 valence electrons. The highest BCUT2D eigenvalue weighted by Crippen LogP contribution is 2.14. The van der Waals surface area contributed by atoms with Crippen molar-refractivity contribution < 1.29 is 14.6 Å². The smallest absolute Gasteiger partial charge is 0.328 e. The second-order valence-electron chi connectivity index (χ2n) is 3.52. The molecule has 0 atom stereocenters. The average Bonchev–Trinajstić information content (AvgIpc) is 2.33. The van der Waals surface area contributed by atoms with Gasteiger partial charge < -0.3 is 9.84 Å². The Kier molecular flexibility index (Phi) is 5.58. The van der Waals surface area contributed by atoms with E-state index in [0.717, 1.165) is 30.2 Å². The molecule has 0 spiro atoms. The van der Waals surface area contributed by atoms with Gasteiger partial charge in [-0.15, -0.1) is 6.58 Å². The van der Waals surface area contributed by atoms with Crippen molar-refractivity contribution in [2.75, 3.05) is 6.61 Å². The van der Waals surface area contributed by atoms with Crippen molar-refractivity contribution >= 4 is 12.0 Å². The Hall–Kier alpha value is -2.03. The van der Waals surface area contributed by atoms with Gasteiger partial charge in [-0.05, 0) is 36.6 Å². The minimum absolute atomic E-state index is 0.637. The number of ether oxygens (including phenoxy) is 1. The molecule has 0 unspecified atom stereocenters. The Labute approximate surface area is 101 Å². The van der Waals surface area contributed by atoms with Gasteiger partial charge in [0, 0.05) is 6.08 Å². The van der Waals surface area contributed by atoms with Crippen molar-refractivity contribution in [3.05, 3.63) is 48.6 Å². The van der Waals surface area contributed by atoms with Crippen molar-refractivity contribution in [1.82, 2.24) is 0 Å². The zero-order valence-electron chi connectivity index (χ0n) is 9.63. The normalized spacial score (nSPS) is 10.4. The number of carboxylic acid groups (broad SMARTS) is 1. The highest BCUT2D eigenvalue weighted by molar-refractivity contribution is 5.85. The number of carboxylic acids is 1. The number of hydrogen-bond acceptors (Lipinski definition) is 2. The third kappa shape index (κ3) is 5.56. The molecule has 3 nitrogen and oxygen atoms in total. The predicted octanol–water partition coefficient (Wildman–Crippen LogP) is 3.13. The Bertz CT molecular complexity index is 408. The minimum atomic E-state index is -0.956. The third-order valence-electron chi connectivity index (χ3n) is 2.10. The highest BCUT2D eigenvalue weighted by Gasteiger charge is 1.95. The summed E-state index contributed by atoms with van der Waals surface area (Å²) in [5.41, 5.74) is 0.814. The standard InChI is InChI=1S/C14H16O3/c1-2-3-4-10-17-13-7-5-6-12(11-13)8-9-14(15)16/h2,5-9,11H,1,3-4,10H2,(H,15,16). The van der Waals surface area contributed by atoms with Crippen molar-refractivity contribution in [1.29, 1.82) is 0 Å². The molecule has 0 saturated heterocycles. The summed E-state index contributed by atoms with van der Waals surface area (Å²) in [4.78, 5) is 10.4. The van der Waals surface area contributed by atoms with E-state index in [1.165, 1.54) is 0 Å². The molecule has 1 rings (SSSR count). The Morgan fingerprint density at radius 2 is 2.29 bits per heavy atom. The van der Waals surface area contributed by atoms with Crippen LogP contribution >= 0.6 is 0 Å². The number of carbonyl (C=O) groups is 1. The van der Waals surface area contributed by atoms with E-state index in [1.54, 1.807) is 6.08 Å². The second kappa shape index (κ2) is 7.28. The first kappa shape index (κ1) is 13.0. The second-order valence-corrected chi connectivity index (χ2v) is 3.52. The molecule has 0 radical (unpaired) electrons. The molecule has 1 aromatic carbocycles. The quantitative estimate of drug-likeness (QED) is 0.446. The van der Waals surface area contributed by atoms with E-state index in [4.69, 9.17) is 9.84 Å². The van der Waals surface area contributed by atoms with Gasteiger partial charge in [0.05, 0.1) is 6.61 Å². The average molecular weight is 232 g/mol. The van der Waals surface area contributed by atoms with Crippen molar-refractivity contribution in [2.24, 2.45) is 0 Å². The number of hydrogen-bond donors (Lipinski definition) is 1. The Morgan fingerprint density at radius 3 is 3.00 bits per heavy atom. The predicted molar refractivity (Wildman–Crippen MR) is 68.0 cm³/mol. The van der Waals surface area contributed by atoms with Crippen LogP contribution in [0, 0.1) is 0 Å². The summed E-state index contributed by atoms with van der Waals surface area (Å²) in [6, 6.07) is 7.33. The van der Waals surface area contributed by atoms with Crippen LogP contribution in [-0.4, -0.2) is 17.7 Å². The van der Waals surface area contributed by atoms with E-state index in [2.05, 4.69) is 6.58 Å². The van der Waals surface area contributed by atoms with Gasteiger partial charge in [0.25, 0.3) is 0 Å². The number of rotatable bonds is 7. The molecule has 0 bridgehead atoms. The summed E-state index contributed by atoms with van der Waals surface area (Å²) >= 11 is 0. The highest BCUT2D eigenvalue weighted by atomic mass is 16.5. The van der Waals surface area contributed by atoms with Crippen molar-refractivity contribution in [3.8, 4) is 5.75 Å². The molecular weight excluding hydrogens is 216 g/mol. The van der Waals surface area contributed by atoms with Crippen LogP contribution in [0.4, 0.5) is 0 Å². The lowest BCUT2D eigenvalue weighted by Gasteiger charge is -2.05. The lowest BCUT2D eigenvalue weighted by atomic mass is 10.2. The summed E-state index contributed by atoms with van der Waals surface area (Å²) in [7, 11) is 0. The maximum Gasteiger partial charge on any atom is 0.328 e. The van der Waals surface area contributed by atoms with E-state index in [1.807, 2.05) is 30.3 Å². The van der Waals surface area contributed by atoms with Crippen LogP contribution in [0.3, 0.4) is 0 Å². The zero-order chi connectivity index (χ0) is 12.5. The molecule has 0 fully saturated rings. The fourth-order valence-corrected chi connectivity index (χ4v) is 1.29. The van der Waals surface area contributed by atoms with Crippen LogP contribution in [0.2, 0.25) is 0 Å². The van der Waals surface area contributed by atoms with Crippen molar-refractivity contribution in [2.45, 2.75) is 12.8 Å². The fraction of sp³-hybridized carbons (Fsp3) is 0.214. The van der Waals surface area contributed by atoms with Crippen LogP contribution in [0.1, 0.15) is 18.4 Å². The third-order valence-corrected chi connectivity index (χ3v) is 2.10. The first-order chi connectivity index (χ1) is 8.22. The summed E-state index contributed by atoms with van der Waals surface area (Å²) in [5, 5.41) is 8.52. The van der Waals surface area contributed by atoms with Gasteiger partial charge in [-0.3, -0.25) is 0 Å². The number of allylic oxidation sites excluding steroid dienone is 1. The van der Waals surface area contributed by atoms with Gasteiger partial charge >= 0.3 is 5.97 Å². The summed E-state index contributed by atoms with van der Waals surface area (Å²) in [6.45, 7) is 4.28. The summed E-state index contributed by atoms with van der Waals surface area (Å²) in [6.07, 6.45) is 6.36. The van der Waals surface area contributed by atoms with Gasteiger partial charge in [-0.2, -0.15) is 0 Å². The van der Waals surface area contributed by atoms with Crippen LogP contribution in [0.15, 0.2) is 43.0 Å². The van der Waals surface area contributed by atoms with Gasteiger partial charge in [0.2, 0.25) is 0 Å². The van der Waals surface area contributed by atoms with Crippen LogP contribution < -0.4 is 4.74 Å². The molecule has 0 aromatic heterocycles. The van der Waals surface area contributed by atoms with E-state index < -0.39 is 5.97 Å². The van der Waals surface area contributed by atoms with Crippen molar-refractivity contribution in [3.63, 3.8) is 0 Å². The monoisotopic (exact) mass is 232 g/mol. The van der Waals surface area contributed by atoms with Crippen LogP contribution in [0.25, 0.3) is 6.08 Å². The van der Waals surface area contributed by atoms with Gasteiger partial charge in [0.15, 0.2) is 0 Å². The zero-order valence-corrected chi connectivity index (χ0v) is 9.63.